The van der Waals surface area contributed by atoms with Crippen LogP contribution in [0.15, 0.2) is 0 Å². The van der Waals surface area contributed by atoms with Crippen LogP contribution in [0.5, 0.6) is 0 Å². The number of rotatable bonds is 41. The van der Waals surface area contributed by atoms with E-state index in [-0.39, 0.29) is 26.0 Å². The van der Waals surface area contributed by atoms with Crippen molar-refractivity contribution in [2.75, 3.05) is 19.8 Å². The van der Waals surface area contributed by atoms with Gasteiger partial charge in [-0.1, -0.05) is 194 Å². The first-order valence-electron chi connectivity index (χ1n) is 21.4. The molecule has 0 rings (SSSR count). The molecule has 0 heterocycles. The van der Waals surface area contributed by atoms with Crippen LogP contribution in [-0.2, 0) is 23.2 Å². The monoisotopic (exact) mass is 748 g/mol. The Hall–Kier alpha value is -0.670. The summed E-state index contributed by atoms with van der Waals surface area (Å²) in [7, 11) is -4.95. The molecule has 0 aromatic carbocycles. The predicted molar refractivity (Wildman–Crippen MR) is 211 cm³/mol. The van der Waals surface area contributed by atoms with Gasteiger partial charge in [0.25, 0.3) is 0 Å². The molecular weight excluding hydrogens is 665 g/mol. The van der Waals surface area contributed by atoms with Crippen molar-refractivity contribution in [3.8, 4) is 0 Å². The highest BCUT2D eigenvalue weighted by atomic mass is 31.2. The number of nitrogens with two attached hydrogens (primary N) is 1. The van der Waals surface area contributed by atoms with Gasteiger partial charge in [-0.05, 0) is 12.8 Å². The van der Waals surface area contributed by atoms with E-state index in [0.717, 1.165) is 51.4 Å². The standard InChI is InChI=1S/C41H82NO8P/c1-3-5-7-9-11-13-15-17-19-21-23-25-27-29-31-33-38(44)41(40(46)37-43,50-51(47,48)49-36-35-42)39(45)34-32-30-28-26-24-22-20-18-16-14-12-10-8-6-4-2/h40,43,46H,3-37,42H2,1-2H3,(H,47,48)/t40-/m0/s1. The van der Waals surface area contributed by atoms with Crippen molar-refractivity contribution >= 4 is 19.4 Å². The van der Waals surface area contributed by atoms with Crippen molar-refractivity contribution in [2.24, 2.45) is 5.73 Å². The van der Waals surface area contributed by atoms with Crippen molar-refractivity contribution in [3.05, 3.63) is 0 Å². The van der Waals surface area contributed by atoms with Crippen LogP contribution in [0.2, 0.25) is 0 Å². The van der Waals surface area contributed by atoms with Crippen molar-refractivity contribution in [3.63, 3.8) is 0 Å². The second-order valence-corrected chi connectivity index (χ2v) is 16.2. The molecule has 0 saturated heterocycles. The fraction of sp³-hybridized carbons (Fsp3) is 0.951. The first-order chi connectivity index (χ1) is 24.7. The van der Waals surface area contributed by atoms with Gasteiger partial charge in [0.05, 0.1) is 13.2 Å². The summed E-state index contributed by atoms with van der Waals surface area (Å²) >= 11 is 0. The zero-order valence-corrected chi connectivity index (χ0v) is 34.1. The lowest BCUT2D eigenvalue weighted by atomic mass is 9.82. The van der Waals surface area contributed by atoms with E-state index in [9.17, 15) is 29.3 Å². The van der Waals surface area contributed by atoms with Gasteiger partial charge in [0.2, 0.25) is 5.60 Å². The smallest absolute Gasteiger partial charge is 0.394 e. The van der Waals surface area contributed by atoms with Gasteiger partial charge >= 0.3 is 7.82 Å². The summed E-state index contributed by atoms with van der Waals surface area (Å²) in [5, 5.41) is 20.7. The van der Waals surface area contributed by atoms with Gasteiger partial charge < -0.3 is 20.8 Å². The Kier molecular flexibility index (Phi) is 34.6. The number of aliphatic hydroxyl groups excluding tert-OH is 2. The summed E-state index contributed by atoms with van der Waals surface area (Å²) in [6, 6.07) is 0. The Labute approximate surface area is 313 Å². The molecule has 9 nitrogen and oxygen atoms in total. The maximum Gasteiger partial charge on any atom is 0.473 e. The molecule has 0 spiro atoms. The average molecular weight is 748 g/mol. The lowest BCUT2D eigenvalue weighted by Gasteiger charge is -2.35. The normalized spacial score (nSPS) is 13.8. The van der Waals surface area contributed by atoms with Gasteiger partial charge in [0.15, 0.2) is 11.6 Å². The van der Waals surface area contributed by atoms with Crippen LogP contribution in [-0.4, -0.2) is 58.1 Å². The predicted octanol–water partition coefficient (Wildman–Crippen LogP) is 10.8. The van der Waals surface area contributed by atoms with E-state index in [1.807, 2.05) is 0 Å². The minimum Gasteiger partial charge on any atom is -0.394 e. The Morgan fingerprint density at radius 1 is 0.569 bits per heavy atom. The van der Waals surface area contributed by atoms with Gasteiger partial charge in [-0.2, -0.15) is 0 Å². The molecule has 2 atom stereocenters. The van der Waals surface area contributed by atoms with Gasteiger partial charge in [-0.3, -0.25) is 18.6 Å². The number of unbranched alkanes of at least 4 members (excludes halogenated alkanes) is 28. The molecule has 1 unspecified atom stereocenters. The maximum atomic E-state index is 13.6. The third kappa shape index (κ3) is 26.7. The quantitative estimate of drug-likeness (QED) is 0.0271. The van der Waals surface area contributed by atoms with Crippen LogP contribution in [0.25, 0.3) is 0 Å². The largest absolute Gasteiger partial charge is 0.473 e. The summed E-state index contributed by atoms with van der Waals surface area (Å²) in [4.78, 5) is 37.6. The van der Waals surface area contributed by atoms with Crippen LogP contribution in [0.4, 0.5) is 0 Å². The average Bonchev–Trinajstić information content (AvgIpc) is 3.12. The third-order valence-electron chi connectivity index (χ3n) is 10.1. The zero-order valence-electron chi connectivity index (χ0n) is 33.2. The molecule has 0 aliphatic rings. The number of phosphoric acid groups is 1. The molecule has 0 aromatic rings. The molecule has 0 aromatic heterocycles. The molecule has 10 heteroatoms. The molecule has 0 aliphatic heterocycles. The Morgan fingerprint density at radius 2 is 0.843 bits per heavy atom. The topological polar surface area (TPSA) is 156 Å². The molecule has 0 saturated carbocycles. The number of hydrogen-bond donors (Lipinski definition) is 4. The van der Waals surface area contributed by atoms with E-state index in [1.165, 1.54) is 128 Å². The Morgan fingerprint density at radius 3 is 1.10 bits per heavy atom. The van der Waals surface area contributed by atoms with E-state index in [4.69, 9.17) is 14.8 Å². The second-order valence-electron chi connectivity index (χ2n) is 14.9. The number of carbonyl (C=O) groups excluding carboxylic acids is 2. The van der Waals surface area contributed by atoms with Gasteiger partial charge in [0, 0.05) is 19.4 Å². The molecule has 51 heavy (non-hydrogen) atoms. The van der Waals surface area contributed by atoms with Crippen molar-refractivity contribution in [2.45, 2.75) is 231 Å². The maximum absolute atomic E-state index is 13.6. The number of hydrogen-bond acceptors (Lipinski definition) is 8. The van der Waals surface area contributed by atoms with E-state index < -0.39 is 37.7 Å². The van der Waals surface area contributed by atoms with Crippen LogP contribution < -0.4 is 5.73 Å². The fourth-order valence-corrected chi connectivity index (χ4v) is 7.96. The summed E-state index contributed by atoms with van der Waals surface area (Å²) in [5.41, 5.74) is 2.74. The number of Topliss-reactive ketones (excluding diaryl/α,β-unsaturated/α-hetero) is 2. The van der Waals surface area contributed by atoms with Gasteiger partial charge in [0.1, 0.15) is 6.10 Å². The number of ketones is 2. The molecular formula is C41H82NO8P. The lowest BCUT2D eigenvalue weighted by molar-refractivity contribution is -0.164. The second kappa shape index (κ2) is 35.1. The highest BCUT2D eigenvalue weighted by Crippen LogP contribution is 2.49. The summed E-state index contributed by atoms with van der Waals surface area (Å²) in [6.07, 6.45) is 32.6. The van der Waals surface area contributed by atoms with E-state index in [0.29, 0.717) is 12.8 Å². The molecule has 0 aliphatic carbocycles. The van der Waals surface area contributed by atoms with Gasteiger partial charge in [-0.15, -0.1) is 0 Å². The molecule has 0 bridgehead atoms. The molecule has 0 fully saturated rings. The Balaban J connectivity index is 4.70. The Bertz CT molecular complexity index is 812. The third-order valence-corrected chi connectivity index (χ3v) is 11.1. The van der Waals surface area contributed by atoms with Crippen molar-refractivity contribution in [1.82, 2.24) is 0 Å². The van der Waals surface area contributed by atoms with Crippen molar-refractivity contribution < 1.29 is 38.3 Å². The first-order valence-corrected chi connectivity index (χ1v) is 22.9. The summed E-state index contributed by atoms with van der Waals surface area (Å²) < 4.78 is 22.9. The van der Waals surface area contributed by atoms with Crippen LogP contribution in [0.3, 0.4) is 0 Å². The fourth-order valence-electron chi connectivity index (χ4n) is 6.88. The van der Waals surface area contributed by atoms with Crippen LogP contribution in [0.1, 0.15) is 219 Å². The SMILES string of the molecule is CCCCCCCCCCCCCCCCCC(=O)C(OP(=O)(O)OCCN)(C(=O)CCCCCCCCCCCCCCCCC)[C@@H](O)CO. The highest BCUT2D eigenvalue weighted by molar-refractivity contribution is 7.47. The molecule has 0 amide bonds. The molecule has 5 N–H and O–H groups in total. The van der Waals surface area contributed by atoms with Crippen LogP contribution >= 0.6 is 7.82 Å². The van der Waals surface area contributed by atoms with Gasteiger partial charge in [-0.25, -0.2) is 4.57 Å². The highest BCUT2D eigenvalue weighted by Gasteiger charge is 2.55. The minimum atomic E-state index is -4.95. The van der Waals surface area contributed by atoms with E-state index in [2.05, 4.69) is 13.8 Å². The summed E-state index contributed by atoms with van der Waals surface area (Å²) in [6.45, 7) is 3.10. The molecule has 304 valence electrons. The zero-order chi connectivity index (χ0) is 37.9. The van der Waals surface area contributed by atoms with E-state index in [1.54, 1.807) is 0 Å². The first kappa shape index (κ1) is 50.3. The molecule has 0 radical (unpaired) electrons. The number of phosphoric ester groups is 1. The van der Waals surface area contributed by atoms with Crippen molar-refractivity contribution in [1.29, 1.82) is 0 Å². The number of carbonyl (C=O) groups is 2. The van der Waals surface area contributed by atoms with Crippen LogP contribution in [0, 0.1) is 0 Å². The number of aliphatic hydroxyl groups is 2. The summed E-state index contributed by atoms with van der Waals surface area (Å²) in [5.74, 6) is -1.59. The lowest BCUT2D eigenvalue weighted by Crippen LogP contribution is -2.58. The minimum absolute atomic E-state index is 0.0798. The van der Waals surface area contributed by atoms with E-state index >= 15 is 0 Å².